The van der Waals surface area contributed by atoms with Crippen molar-refractivity contribution in [1.82, 2.24) is 4.72 Å². The van der Waals surface area contributed by atoms with Gasteiger partial charge in [0.1, 0.15) is 0 Å². The van der Waals surface area contributed by atoms with Gasteiger partial charge in [-0.1, -0.05) is 32.1 Å². The minimum Gasteiger partial charge on any atom is -0.218 e. The molecule has 0 radical (unpaired) electrons. The fourth-order valence-corrected chi connectivity index (χ4v) is 4.80. The highest BCUT2D eigenvalue weighted by Gasteiger charge is 2.27. The van der Waals surface area contributed by atoms with Gasteiger partial charge in [-0.15, -0.1) is 0 Å². The molecule has 1 aromatic rings. The Morgan fingerprint density at radius 2 is 1.29 bits per heavy atom. The molecule has 0 bridgehead atoms. The predicted molar refractivity (Wildman–Crippen MR) is 86.1 cm³/mol. The van der Waals surface area contributed by atoms with Crippen LogP contribution in [0.4, 0.5) is 8.78 Å². The molecule has 0 aromatic heterocycles. The number of halogens is 2. The number of nitrogens with one attached hydrogen (secondary N) is 1. The third-order valence-electron chi connectivity index (χ3n) is 4.12. The zero-order valence-corrected chi connectivity index (χ0v) is 14.8. The first-order valence-electron chi connectivity index (χ1n) is 7.88. The summed E-state index contributed by atoms with van der Waals surface area (Å²) >= 11 is 0. The third kappa shape index (κ3) is 4.73. The molecule has 1 N–H and O–H groups in total. The maximum absolute atomic E-state index is 12.5. The van der Waals surface area contributed by atoms with Gasteiger partial charge in [0.05, 0.1) is 9.79 Å². The Morgan fingerprint density at radius 1 is 0.833 bits per heavy atom. The first-order valence-corrected chi connectivity index (χ1v) is 10.9. The summed E-state index contributed by atoms with van der Waals surface area (Å²) in [4.78, 5) is -0.722. The Labute approximate surface area is 141 Å². The number of hydrogen-bond donors (Lipinski definition) is 1. The first kappa shape index (κ1) is 19.3. The molecular weight excluding hydrogens is 360 g/mol. The average Bonchev–Trinajstić information content (AvgIpc) is 2.50. The number of alkyl halides is 2. The molecule has 9 heteroatoms. The van der Waals surface area contributed by atoms with Crippen LogP contribution in [-0.4, -0.2) is 28.6 Å². The molecule has 0 spiro atoms. The van der Waals surface area contributed by atoms with Crippen molar-refractivity contribution in [1.29, 1.82) is 0 Å². The largest absolute Gasteiger partial charge is 0.341 e. The summed E-state index contributed by atoms with van der Waals surface area (Å²) in [7, 11) is -8.53. The van der Waals surface area contributed by atoms with Gasteiger partial charge in [0, 0.05) is 6.04 Å². The minimum absolute atomic E-state index is 0.127. The van der Waals surface area contributed by atoms with Gasteiger partial charge in [-0.25, -0.2) is 21.6 Å². The molecule has 136 valence electrons. The van der Waals surface area contributed by atoms with Crippen LogP contribution < -0.4 is 4.72 Å². The molecule has 5 nitrogen and oxygen atoms in total. The smallest absolute Gasteiger partial charge is 0.218 e. The van der Waals surface area contributed by atoms with Crippen molar-refractivity contribution < 1.29 is 25.6 Å². The second-order valence-electron chi connectivity index (χ2n) is 5.94. The molecule has 1 aliphatic rings. The second-order valence-corrected chi connectivity index (χ2v) is 9.57. The summed E-state index contributed by atoms with van der Waals surface area (Å²) in [6, 6.07) is 3.73. The lowest BCUT2D eigenvalue weighted by molar-refractivity contribution is 0.234. The summed E-state index contributed by atoms with van der Waals surface area (Å²) in [6.07, 6.45) is 6.77. The van der Waals surface area contributed by atoms with Gasteiger partial charge in [0.15, 0.2) is 0 Å². The summed E-state index contributed by atoms with van der Waals surface area (Å²) in [5.41, 5.74) is 0. The lowest BCUT2D eigenvalue weighted by Crippen LogP contribution is -2.35. The Kier molecular flexibility index (Phi) is 6.33. The zero-order valence-electron chi connectivity index (χ0n) is 13.1. The van der Waals surface area contributed by atoms with E-state index < -0.39 is 30.5 Å². The number of sulfonamides is 1. The molecule has 24 heavy (non-hydrogen) atoms. The van der Waals surface area contributed by atoms with Gasteiger partial charge in [-0.2, -0.15) is 8.78 Å². The number of benzene rings is 1. The van der Waals surface area contributed by atoms with E-state index in [0.29, 0.717) is 0 Å². The standard InChI is InChI=1S/C15H21F2NO4S2/c16-15(17)23(19,20)13-8-10-14(11-9-13)24(21,22)18-12-6-4-2-1-3-5-7-12/h8-12,15,18H,1-7H2. The number of hydrogen-bond acceptors (Lipinski definition) is 4. The Balaban J connectivity index is 2.14. The quantitative estimate of drug-likeness (QED) is 0.850. The van der Waals surface area contributed by atoms with E-state index in [2.05, 4.69) is 4.72 Å². The Morgan fingerprint density at radius 3 is 1.79 bits per heavy atom. The highest BCUT2D eigenvalue weighted by Crippen LogP contribution is 2.22. The van der Waals surface area contributed by atoms with Gasteiger partial charge < -0.3 is 0 Å². The van der Waals surface area contributed by atoms with Crippen molar-refractivity contribution in [2.45, 2.75) is 66.5 Å². The molecule has 1 saturated carbocycles. The molecule has 0 aliphatic heterocycles. The zero-order chi connectivity index (χ0) is 17.8. The maximum Gasteiger partial charge on any atom is 0.341 e. The van der Waals surface area contributed by atoms with Crippen LogP contribution in [-0.2, 0) is 19.9 Å². The number of sulfone groups is 1. The molecule has 2 rings (SSSR count). The Hall–Kier alpha value is -1.06. The molecule has 0 heterocycles. The molecule has 1 aliphatic carbocycles. The molecule has 0 atom stereocenters. The molecule has 1 fully saturated rings. The van der Waals surface area contributed by atoms with Crippen LogP contribution in [0, 0.1) is 0 Å². The minimum atomic E-state index is -4.72. The van der Waals surface area contributed by atoms with E-state index in [1.54, 1.807) is 0 Å². The summed E-state index contributed by atoms with van der Waals surface area (Å²) in [6.45, 7) is 0. The van der Waals surface area contributed by atoms with E-state index in [1.807, 2.05) is 0 Å². The van der Waals surface area contributed by atoms with E-state index in [0.717, 1.165) is 62.8 Å². The highest BCUT2D eigenvalue weighted by molar-refractivity contribution is 7.91. The van der Waals surface area contributed by atoms with Crippen molar-refractivity contribution in [3.63, 3.8) is 0 Å². The van der Waals surface area contributed by atoms with E-state index in [4.69, 9.17) is 0 Å². The van der Waals surface area contributed by atoms with Crippen molar-refractivity contribution in [3.05, 3.63) is 24.3 Å². The molecule has 0 saturated heterocycles. The fourth-order valence-electron chi connectivity index (χ4n) is 2.77. The molecular formula is C15H21F2NO4S2. The van der Waals surface area contributed by atoms with E-state index in [1.165, 1.54) is 6.42 Å². The highest BCUT2D eigenvalue weighted by atomic mass is 32.2. The van der Waals surface area contributed by atoms with Gasteiger partial charge in [-0.3, -0.25) is 0 Å². The Bertz CT molecular complexity index is 738. The van der Waals surface area contributed by atoms with Crippen LogP contribution in [0.1, 0.15) is 44.9 Å². The van der Waals surface area contributed by atoms with Crippen molar-refractivity contribution in [2.75, 3.05) is 0 Å². The van der Waals surface area contributed by atoms with Crippen molar-refractivity contribution in [3.8, 4) is 0 Å². The lowest BCUT2D eigenvalue weighted by Gasteiger charge is -2.21. The second kappa shape index (κ2) is 7.88. The maximum atomic E-state index is 12.5. The van der Waals surface area contributed by atoms with E-state index in [9.17, 15) is 25.6 Å². The molecule has 0 unspecified atom stereocenters. The van der Waals surface area contributed by atoms with Crippen molar-refractivity contribution >= 4 is 19.9 Å². The van der Waals surface area contributed by atoms with Crippen LogP contribution in [0.5, 0.6) is 0 Å². The van der Waals surface area contributed by atoms with Gasteiger partial charge >= 0.3 is 5.76 Å². The molecule has 1 aromatic carbocycles. The number of rotatable bonds is 5. The summed E-state index contributed by atoms with van der Waals surface area (Å²) in [5, 5.41) is 0. The van der Waals surface area contributed by atoms with Crippen LogP contribution in [0.2, 0.25) is 0 Å². The normalized spacial score (nSPS) is 18.3. The first-order chi connectivity index (χ1) is 11.2. The van der Waals surface area contributed by atoms with Crippen LogP contribution >= 0.6 is 0 Å². The van der Waals surface area contributed by atoms with Gasteiger partial charge in [0.2, 0.25) is 19.9 Å². The summed E-state index contributed by atoms with van der Waals surface area (Å²) < 4.78 is 75.1. The SMILES string of the molecule is O=S(=O)(NC1CCCCCCC1)c1ccc(S(=O)(=O)C(F)F)cc1. The van der Waals surface area contributed by atoms with Crippen LogP contribution in [0.15, 0.2) is 34.1 Å². The van der Waals surface area contributed by atoms with Crippen LogP contribution in [0.3, 0.4) is 0 Å². The van der Waals surface area contributed by atoms with E-state index in [-0.39, 0.29) is 10.9 Å². The summed E-state index contributed by atoms with van der Waals surface area (Å²) in [5.74, 6) is -3.53. The average molecular weight is 381 g/mol. The lowest BCUT2D eigenvalue weighted by atomic mass is 9.97. The fraction of sp³-hybridized carbons (Fsp3) is 0.600. The van der Waals surface area contributed by atoms with E-state index >= 15 is 0 Å². The molecule has 0 amide bonds. The van der Waals surface area contributed by atoms with Crippen LogP contribution in [0.25, 0.3) is 0 Å². The topological polar surface area (TPSA) is 80.3 Å². The predicted octanol–water partition coefficient (Wildman–Crippen LogP) is 3.07. The van der Waals surface area contributed by atoms with Gasteiger partial charge in [0.25, 0.3) is 0 Å². The third-order valence-corrected chi connectivity index (χ3v) is 7.06. The van der Waals surface area contributed by atoms with Crippen molar-refractivity contribution in [2.24, 2.45) is 0 Å². The monoisotopic (exact) mass is 381 g/mol. The van der Waals surface area contributed by atoms with Gasteiger partial charge in [-0.05, 0) is 37.1 Å².